The molecule has 3 aromatic carbocycles. The van der Waals surface area contributed by atoms with Crippen LogP contribution < -0.4 is 15.8 Å². The highest BCUT2D eigenvalue weighted by Crippen LogP contribution is 2.21. The third kappa shape index (κ3) is 5.11. The maximum atomic E-state index is 13.5. The predicted molar refractivity (Wildman–Crippen MR) is 134 cm³/mol. The second-order valence-corrected chi connectivity index (χ2v) is 8.41. The van der Waals surface area contributed by atoms with Gasteiger partial charge in [-0.25, -0.2) is 4.98 Å². The van der Waals surface area contributed by atoms with Crippen LogP contribution >= 0.6 is 23.2 Å². The van der Waals surface area contributed by atoms with E-state index in [1.807, 2.05) is 0 Å². The van der Waals surface area contributed by atoms with E-state index in [4.69, 9.17) is 23.2 Å². The van der Waals surface area contributed by atoms with Gasteiger partial charge in [0.1, 0.15) is 6.54 Å². The molecular weight excluding hydrogens is 475 g/mol. The van der Waals surface area contributed by atoms with Gasteiger partial charge in [-0.15, -0.1) is 0 Å². The van der Waals surface area contributed by atoms with E-state index < -0.39 is 11.5 Å². The molecule has 0 saturated heterocycles. The van der Waals surface area contributed by atoms with Crippen LogP contribution in [0.3, 0.4) is 0 Å². The molecule has 9 heteroatoms. The van der Waals surface area contributed by atoms with Crippen LogP contribution in [-0.4, -0.2) is 21.4 Å². The summed E-state index contributed by atoms with van der Waals surface area (Å²) in [4.78, 5) is 44.6. The molecule has 2 amide bonds. The van der Waals surface area contributed by atoms with Gasteiger partial charge in [0.2, 0.25) is 17.6 Å². The minimum atomic E-state index is -0.567. The number of para-hydroxylation sites is 2. The average molecular weight is 495 g/mol. The SMILES string of the molecule is CC(=O)N(Cc1ccccc1Cl)c1nc2ccccc2n(CC(=O)Nc2cccc(Cl)c2)c1=O. The number of anilines is 2. The largest absolute Gasteiger partial charge is 0.324 e. The first-order valence-corrected chi connectivity index (χ1v) is 11.2. The lowest BCUT2D eigenvalue weighted by Crippen LogP contribution is -2.38. The van der Waals surface area contributed by atoms with E-state index in [0.29, 0.717) is 32.3 Å². The van der Waals surface area contributed by atoms with Gasteiger partial charge in [-0.3, -0.25) is 23.9 Å². The Morgan fingerprint density at radius 3 is 2.47 bits per heavy atom. The number of hydrogen-bond acceptors (Lipinski definition) is 4. The Kier molecular flexibility index (Phi) is 6.95. The molecule has 4 aromatic rings. The zero-order valence-electron chi connectivity index (χ0n) is 18.2. The van der Waals surface area contributed by atoms with Crippen molar-refractivity contribution in [3.8, 4) is 0 Å². The van der Waals surface area contributed by atoms with Gasteiger partial charge in [0.05, 0.1) is 17.6 Å². The molecule has 0 aliphatic rings. The van der Waals surface area contributed by atoms with E-state index in [-0.39, 0.29) is 24.8 Å². The normalized spacial score (nSPS) is 10.8. The van der Waals surface area contributed by atoms with Gasteiger partial charge >= 0.3 is 0 Å². The summed E-state index contributed by atoms with van der Waals surface area (Å²) >= 11 is 12.3. The van der Waals surface area contributed by atoms with Crippen molar-refractivity contribution in [1.82, 2.24) is 9.55 Å². The molecule has 1 aromatic heterocycles. The number of carbonyl (C=O) groups is 2. The number of amides is 2. The molecule has 0 unspecified atom stereocenters. The Labute approximate surface area is 205 Å². The second-order valence-electron chi connectivity index (χ2n) is 7.57. The van der Waals surface area contributed by atoms with Gasteiger partial charge in [0.15, 0.2) is 0 Å². The molecule has 0 spiro atoms. The Morgan fingerprint density at radius 2 is 1.74 bits per heavy atom. The van der Waals surface area contributed by atoms with Gasteiger partial charge in [-0.2, -0.15) is 0 Å². The molecular formula is C25H20Cl2N4O3. The van der Waals surface area contributed by atoms with Crippen molar-refractivity contribution < 1.29 is 9.59 Å². The molecule has 0 fully saturated rings. The van der Waals surface area contributed by atoms with E-state index in [2.05, 4.69) is 10.3 Å². The zero-order chi connectivity index (χ0) is 24.2. The lowest BCUT2D eigenvalue weighted by Gasteiger charge is -2.22. The van der Waals surface area contributed by atoms with Crippen LogP contribution in [0.2, 0.25) is 10.0 Å². The molecule has 172 valence electrons. The number of rotatable bonds is 6. The summed E-state index contributed by atoms with van der Waals surface area (Å²) in [6.45, 7) is 1.13. The number of carbonyl (C=O) groups excluding carboxylic acids is 2. The number of hydrogen-bond donors (Lipinski definition) is 1. The number of nitrogens with one attached hydrogen (secondary N) is 1. The van der Waals surface area contributed by atoms with Crippen LogP contribution in [0.1, 0.15) is 12.5 Å². The van der Waals surface area contributed by atoms with Crippen molar-refractivity contribution >= 4 is 57.6 Å². The maximum absolute atomic E-state index is 13.5. The lowest BCUT2D eigenvalue weighted by atomic mass is 10.2. The molecule has 0 bridgehead atoms. The maximum Gasteiger partial charge on any atom is 0.294 e. The molecule has 1 N–H and O–H groups in total. The highest BCUT2D eigenvalue weighted by atomic mass is 35.5. The molecule has 4 rings (SSSR count). The first-order valence-electron chi connectivity index (χ1n) is 10.4. The van der Waals surface area contributed by atoms with E-state index in [0.717, 1.165) is 0 Å². The molecule has 0 aliphatic carbocycles. The van der Waals surface area contributed by atoms with Gasteiger partial charge in [0, 0.05) is 22.7 Å². The molecule has 7 nitrogen and oxygen atoms in total. The zero-order valence-corrected chi connectivity index (χ0v) is 19.7. The number of benzene rings is 3. The predicted octanol–water partition coefficient (Wildman–Crippen LogP) is 4.90. The average Bonchev–Trinajstić information content (AvgIpc) is 2.80. The van der Waals surface area contributed by atoms with Crippen LogP contribution in [0.15, 0.2) is 77.6 Å². The highest BCUT2D eigenvalue weighted by molar-refractivity contribution is 6.31. The van der Waals surface area contributed by atoms with Crippen molar-refractivity contribution in [3.63, 3.8) is 0 Å². The van der Waals surface area contributed by atoms with Crippen LogP contribution in [0.5, 0.6) is 0 Å². The van der Waals surface area contributed by atoms with Crippen LogP contribution in [0.4, 0.5) is 11.5 Å². The van der Waals surface area contributed by atoms with Crippen LogP contribution in [0, 0.1) is 0 Å². The quantitative estimate of drug-likeness (QED) is 0.413. The Balaban J connectivity index is 1.75. The Bertz CT molecular complexity index is 1450. The molecule has 0 atom stereocenters. The van der Waals surface area contributed by atoms with Gasteiger partial charge in [-0.1, -0.05) is 59.6 Å². The topological polar surface area (TPSA) is 84.3 Å². The summed E-state index contributed by atoms with van der Waals surface area (Å²) in [6.07, 6.45) is 0. The number of aromatic nitrogens is 2. The first kappa shape index (κ1) is 23.5. The Morgan fingerprint density at radius 1 is 1.00 bits per heavy atom. The minimum absolute atomic E-state index is 0.0598. The van der Waals surface area contributed by atoms with E-state index in [9.17, 15) is 14.4 Å². The highest BCUT2D eigenvalue weighted by Gasteiger charge is 2.22. The minimum Gasteiger partial charge on any atom is -0.324 e. The van der Waals surface area contributed by atoms with E-state index >= 15 is 0 Å². The monoisotopic (exact) mass is 494 g/mol. The fourth-order valence-electron chi connectivity index (χ4n) is 3.55. The van der Waals surface area contributed by atoms with E-state index in [1.165, 1.54) is 16.4 Å². The fourth-order valence-corrected chi connectivity index (χ4v) is 3.94. The number of nitrogens with zero attached hydrogens (tertiary/aromatic N) is 3. The van der Waals surface area contributed by atoms with Crippen molar-refractivity contribution in [2.75, 3.05) is 10.2 Å². The Hall–Kier alpha value is -3.68. The smallest absolute Gasteiger partial charge is 0.294 e. The number of halogens is 2. The molecule has 0 saturated carbocycles. The summed E-state index contributed by atoms with van der Waals surface area (Å²) in [5.41, 5.74) is 1.55. The van der Waals surface area contributed by atoms with Gasteiger partial charge in [-0.05, 0) is 42.0 Å². The second kappa shape index (κ2) is 10.1. The summed E-state index contributed by atoms with van der Waals surface area (Å²) in [5, 5.41) is 3.68. The van der Waals surface area contributed by atoms with Crippen LogP contribution in [0.25, 0.3) is 11.0 Å². The first-order chi connectivity index (χ1) is 16.3. The van der Waals surface area contributed by atoms with Crippen molar-refractivity contribution in [2.24, 2.45) is 0 Å². The molecule has 34 heavy (non-hydrogen) atoms. The standard InChI is InChI=1S/C25H20Cl2N4O3/c1-16(32)30(14-17-7-2-3-10-20(17)27)24-25(34)31(22-12-5-4-11-21(22)29-24)15-23(33)28-19-9-6-8-18(26)13-19/h2-13H,14-15H2,1H3,(H,28,33). The summed E-state index contributed by atoms with van der Waals surface area (Å²) < 4.78 is 1.31. The number of fused-ring (bicyclic) bond motifs is 1. The fraction of sp³-hybridized carbons (Fsp3) is 0.120. The van der Waals surface area contributed by atoms with E-state index in [1.54, 1.807) is 72.8 Å². The van der Waals surface area contributed by atoms with Crippen molar-refractivity contribution in [2.45, 2.75) is 20.0 Å². The van der Waals surface area contributed by atoms with Crippen molar-refractivity contribution in [3.05, 3.63) is 98.8 Å². The van der Waals surface area contributed by atoms with Gasteiger partial charge < -0.3 is 5.32 Å². The van der Waals surface area contributed by atoms with Crippen molar-refractivity contribution in [1.29, 1.82) is 0 Å². The third-order valence-electron chi connectivity index (χ3n) is 5.17. The molecule has 0 aliphatic heterocycles. The molecule has 1 heterocycles. The summed E-state index contributed by atoms with van der Waals surface area (Å²) in [5.74, 6) is -0.886. The van der Waals surface area contributed by atoms with Gasteiger partial charge in [0.25, 0.3) is 5.56 Å². The summed E-state index contributed by atoms with van der Waals surface area (Å²) in [7, 11) is 0. The van der Waals surface area contributed by atoms with Crippen LogP contribution in [-0.2, 0) is 22.7 Å². The summed E-state index contributed by atoms with van der Waals surface area (Å²) in [6, 6.07) is 20.7. The molecule has 0 radical (unpaired) electrons. The lowest BCUT2D eigenvalue weighted by molar-refractivity contribution is -0.117. The third-order valence-corrected chi connectivity index (χ3v) is 5.77.